The number of rotatable bonds is 6. The highest BCUT2D eigenvalue weighted by Gasteiger charge is 2.42. The Balaban J connectivity index is 1.49. The van der Waals surface area contributed by atoms with Crippen LogP contribution in [0.2, 0.25) is 0 Å². The van der Waals surface area contributed by atoms with Crippen LogP contribution in [0.15, 0.2) is 59.3 Å². The molecule has 0 saturated heterocycles. The first-order valence-corrected chi connectivity index (χ1v) is 11.0. The van der Waals surface area contributed by atoms with Gasteiger partial charge in [-0.05, 0) is 43.2 Å². The summed E-state index contributed by atoms with van der Waals surface area (Å²) in [6.45, 7) is 0. The fourth-order valence-corrected chi connectivity index (χ4v) is 4.30. The van der Waals surface area contributed by atoms with E-state index in [2.05, 4.69) is 10.6 Å². The molecule has 3 amide bonds. The lowest BCUT2D eigenvalue weighted by Gasteiger charge is -2.29. The third-order valence-corrected chi connectivity index (χ3v) is 6.07. The molecule has 0 bridgehead atoms. The Labute approximate surface area is 191 Å². The molecule has 2 aliphatic rings. The van der Waals surface area contributed by atoms with Gasteiger partial charge in [-0.15, -0.1) is 0 Å². The Kier molecular flexibility index (Phi) is 6.46. The smallest absolute Gasteiger partial charge is 0.279 e. The standard InChI is InChI=1S/C24H24ClN3O4/c1-32-19-12-6-9-17(14-19)27-22(29)15-7-5-8-16(13-15)26-21-20(25)23(30)28(24(21)31)18-10-3-2-4-11-18/h5-9,12-14,18,26H,2-4,10-11H2,1H3,(H,27,29). The highest BCUT2D eigenvalue weighted by molar-refractivity contribution is 6.48. The molecule has 0 aromatic heterocycles. The van der Waals surface area contributed by atoms with Crippen LogP contribution in [0.1, 0.15) is 42.5 Å². The fraction of sp³-hybridized carbons (Fsp3) is 0.292. The van der Waals surface area contributed by atoms with Crippen molar-refractivity contribution >= 4 is 40.7 Å². The highest BCUT2D eigenvalue weighted by Crippen LogP contribution is 2.32. The van der Waals surface area contributed by atoms with E-state index in [4.69, 9.17) is 16.3 Å². The minimum Gasteiger partial charge on any atom is -0.497 e. The quantitative estimate of drug-likeness (QED) is 0.628. The van der Waals surface area contributed by atoms with Gasteiger partial charge in [0.1, 0.15) is 16.5 Å². The molecule has 0 radical (unpaired) electrons. The van der Waals surface area contributed by atoms with Gasteiger partial charge in [-0.3, -0.25) is 19.3 Å². The van der Waals surface area contributed by atoms with Gasteiger partial charge in [-0.25, -0.2) is 0 Å². The lowest BCUT2D eigenvalue weighted by Crippen LogP contribution is -2.42. The summed E-state index contributed by atoms with van der Waals surface area (Å²) in [7, 11) is 1.56. The predicted molar refractivity (Wildman–Crippen MR) is 123 cm³/mol. The number of benzene rings is 2. The van der Waals surface area contributed by atoms with Crippen molar-refractivity contribution in [2.45, 2.75) is 38.1 Å². The largest absolute Gasteiger partial charge is 0.497 e. The number of methoxy groups -OCH3 is 1. The summed E-state index contributed by atoms with van der Waals surface area (Å²) in [6, 6.07) is 13.6. The Morgan fingerprint density at radius 3 is 2.47 bits per heavy atom. The van der Waals surface area contributed by atoms with Crippen molar-refractivity contribution in [2.75, 3.05) is 17.7 Å². The molecule has 1 aliphatic heterocycles. The molecule has 1 saturated carbocycles. The first kappa shape index (κ1) is 21.9. The Bertz CT molecular complexity index is 1090. The van der Waals surface area contributed by atoms with Crippen molar-refractivity contribution in [3.63, 3.8) is 0 Å². The van der Waals surface area contributed by atoms with E-state index < -0.39 is 11.8 Å². The second kappa shape index (κ2) is 9.44. The number of carbonyl (C=O) groups is 3. The predicted octanol–water partition coefficient (Wildman–Crippen LogP) is 4.51. The van der Waals surface area contributed by atoms with Gasteiger partial charge in [-0.2, -0.15) is 0 Å². The lowest BCUT2D eigenvalue weighted by atomic mass is 9.94. The Morgan fingerprint density at radius 1 is 1.00 bits per heavy atom. The summed E-state index contributed by atoms with van der Waals surface area (Å²) in [5, 5.41) is 5.65. The number of carbonyl (C=O) groups excluding carboxylic acids is 3. The second-order valence-corrected chi connectivity index (χ2v) is 8.23. The first-order chi connectivity index (χ1) is 15.5. The second-order valence-electron chi connectivity index (χ2n) is 7.85. The van der Waals surface area contributed by atoms with Crippen molar-refractivity contribution in [1.82, 2.24) is 4.90 Å². The van der Waals surface area contributed by atoms with Gasteiger partial charge in [0.2, 0.25) is 0 Å². The first-order valence-electron chi connectivity index (χ1n) is 10.6. The zero-order valence-corrected chi connectivity index (χ0v) is 18.4. The van der Waals surface area contributed by atoms with Gasteiger partial charge < -0.3 is 15.4 Å². The zero-order valence-electron chi connectivity index (χ0n) is 17.7. The van der Waals surface area contributed by atoms with E-state index in [0.717, 1.165) is 32.1 Å². The average Bonchev–Trinajstić information content (AvgIpc) is 3.03. The van der Waals surface area contributed by atoms with Crippen molar-refractivity contribution in [3.8, 4) is 5.75 Å². The van der Waals surface area contributed by atoms with Crippen LogP contribution in [-0.2, 0) is 9.59 Å². The summed E-state index contributed by atoms with van der Waals surface area (Å²) < 4.78 is 5.17. The molecule has 1 aliphatic carbocycles. The van der Waals surface area contributed by atoms with Gasteiger partial charge in [0.05, 0.1) is 7.11 Å². The SMILES string of the molecule is COc1cccc(NC(=O)c2cccc(NC3=C(Cl)C(=O)N(C4CCCCC4)C3=O)c2)c1. The van der Waals surface area contributed by atoms with Gasteiger partial charge in [0, 0.05) is 29.0 Å². The van der Waals surface area contributed by atoms with Crippen LogP contribution < -0.4 is 15.4 Å². The summed E-state index contributed by atoms with van der Waals surface area (Å²) in [5.41, 5.74) is 1.52. The Morgan fingerprint density at radius 2 is 1.72 bits per heavy atom. The molecule has 32 heavy (non-hydrogen) atoms. The third kappa shape index (κ3) is 4.48. The van der Waals surface area contributed by atoms with Gasteiger partial charge in [-0.1, -0.05) is 43.0 Å². The van der Waals surface area contributed by atoms with Gasteiger partial charge in [0.15, 0.2) is 0 Å². The molecule has 166 valence electrons. The summed E-state index contributed by atoms with van der Waals surface area (Å²) >= 11 is 6.24. The van der Waals surface area contributed by atoms with Gasteiger partial charge >= 0.3 is 0 Å². The van der Waals surface area contributed by atoms with E-state index in [9.17, 15) is 14.4 Å². The van der Waals surface area contributed by atoms with E-state index in [-0.39, 0.29) is 22.7 Å². The molecule has 1 heterocycles. The topological polar surface area (TPSA) is 87.7 Å². The molecule has 0 unspecified atom stereocenters. The van der Waals surface area contributed by atoms with Crippen LogP contribution in [0.25, 0.3) is 0 Å². The summed E-state index contributed by atoms with van der Waals surface area (Å²) in [5.74, 6) is -0.567. The lowest BCUT2D eigenvalue weighted by molar-refractivity contribution is -0.140. The number of anilines is 2. The van der Waals surface area contributed by atoms with Crippen molar-refractivity contribution in [1.29, 1.82) is 0 Å². The molecule has 0 atom stereocenters. The van der Waals surface area contributed by atoms with Crippen LogP contribution >= 0.6 is 11.6 Å². The monoisotopic (exact) mass is 453 g/mol. The number of imide groups is 1. The molecule has 4 rings (SSSR count). The maximum atomic E-state index is 13.0. The zero-order chi connectivity index (χ0) is 22.7. The van der Waals surface area contributed by atoms with Crippen LogP contribution in [0.4, 0.5) is 11.4 Å². The molecule has 8 heteroatoms. The van der Waals surface area contributed by atoms with Crippen LogP contribution in [-0.4, -0.2) is 35.8 Å². The van der Waals surface area contributed by atoms with Crippen LogP contribution in [0, 0.1) is 0 Å². The average molecular weight is 454 g/mol. The molecule has 2 aromatic rings. The number of nitrogens with zero attached hydrogens (tertiary/aromatic N) is 1. The molecule has 2 aromatic carbocycles. The van der Waals surface area contributed by atoms with E-state index in [1.807, 2.05) is 0 Å². The van der Waals surface area contributed by atoms with Crippen LogP contribution in [0.3, 0.4) is 0 Å². The molecule has 7 nitrogen and oxygen atoms in total. The molecule has 1 fully saturated rings. The molecular weight excluding hydrogens is 430 g/mol. The highest BCUT2D eigenvalue weighted by atomic mass is 35.5. The maximum absolute atomic E-state index is 13.0. The Hall–Kier alpha value is -3.32. The minimum absolute atomic E-state index is 0.0487. The van der Waals surface area contributed by atoms with Crippen molar-refractivity contribution in [2.24, 2.45) is 0 Å². The maximum Gasteiger partial charge on any atom is 0.279 e. The normalized spacial score (nSPS) is 17.0. The van der Waals surface area contributed by atoms with Gasteiger partial charge in [0.25, 0.3) is 17.7 Å². The number of hydrogen-bond acceptors (Lipinski definition) is 5. The minimum atomic E-state index is -0.460. The fourth-order valence-electron chi connectivity index (χ4n) is 4.09. The van der Waals surface area contributed by atoms with Crippen molar-refractivity contribution < 1.29 is 19.1 Å². The molecular formula is C24H24ClN3O4. The number of hydrogen-bond donors (Lipinski definition) is 2. The van der Waals surface area contributed by atoms with Crippen molar-refractivity contribution in [3.05, 3.63) is 64.8 Å². The molecule has 0 spiro atoms. The number of ether oxygens (including phenoxy) is 1. The van der Waals surface area contributed by atoms with E-state index in [0.29, 0.717) is 22.7 Å². The number of amides is 3. The number of halogens is 1. The third-order valence-electron chi connectivity index (χ3n) is 5.72. The van der Waals surface area contributed by atoms with E-state index in [1.54, 1.807) is 55.6 Å². The van der Waals surface area contributed by atoms with E-state index in [1.165, 1.54) is 4.90 Å². The number of nitrogens with one attached hydrogen (secondary N) is 2. The molecule has 2 N–H and O–H groups in total. The van der Waals surface area contributed by atoms with E-state index >= 15 is 0 Å². The summed E-state index contributed by atoms with van der Waals surface area (Å²) in [6.07, 6.45) is 4.70. The summed E-state index contributed by atoms with van der Waals surface area (Å²) in [4.78, 5) is 39.6. The van der Waals surface area contributed by atoms with Crippen LogP contribution in [0.5, 0.6) is 5.75 Å².